The third-order valence-corrected chi connectivity index (χ3v) is 11.1. The molecular formula is C43H54IrNO2-. The summed E-state index contributed by atoms with van der Waals surface area (Å²) in [5.41, 5.74) is 5.18. The molecule has 4 aromatic rings. The number of aliphatic hydroxyl groups excluding tert-OH is 1. The van der Waals surface area contributed by atoms with Gasteiger partial charge >= 0.3 is 0 Å². The molecule has 253 valence electrons. The van der Waals surface area contributed by atoms with E-state index in [4.69, 9.17) is 4.98 Å². The van der Waals surface area contributed by atoms with Gasteiger partial charge in [-0.15, -0.1) is 29.1 Å². The Morgan fingerprint density at radius 1 is 0.872 bits per heavy atom. The molecule has 0 saturated heterocycles. The van der Waals surface area contributed by atoms with Crippen LogP contribution in [0, 0.1) is 29.7 Å². The number of carbonyl (C=O) groups excluding carboxylic acids is 1. The molecule has 1 N–H and O–H groups in total. The van der Waals surface area contributed by atoms with Gasteiger partial charge in [-0.25, -0.2) is 0 Å². The Morgan fingerprint density at radius 2 is 1.51 bits per heavy atom. The Hall–Kier alpha value is -2.81. The third-order valence-electron chi connectivity index (χ3n) is 11.1. The second-order valence-corrected chi connectivity index (χ2v) is 14.9. The van der Waals surface area contributed by atoms with Crippen molar-refractivity contribution in [3.63, 3.8) is 0 Å². The molecule has 0 unspecified atom stereocenters. The summed E-state index contributed by atoms with van der Waals surface area (Å²) < 4.78 is 0. The van der Waals surface area contributed by atoms with Gasteiger partial charge in [0.2, 0.25) is 0 Å². The molecule has 0 atom stereocenters. The van der Waals surface area contributed by atoms with Crippen LogP contribution in [0.25, 0.3) is 32.8 Å². The second kappa shape index (κ2) is 16.1. The average Bonchev–Trinajstić information content (AvgIpc) is 3.18. The first-order chi connectivity index (χ1) is 21.7. The Kier molecular flexibility index (Phi) is 12.6. The van der Waals surface area contributed by atoms with Crippen molar-refractivity contribution in [1.82, 2.24) is 4.98 Å². The van der Waals surface area contributed by atoms with Gasteiger partial charge in [0.25, 0.3) is 0 Å². The summed E-state index contributed by atoms with van der Waals surface area (Å²) >= 11 is 0. The predicted octanol–water partition coefficient (Wildman–Crippen LogP) is 11.8. The number of ketones is 1. The summed E-state index contributed by atoms with van der Waals surface area (Å²) in [6, 6.07) is 22.9. The number of fused-ring (bicyclic) bond motifs is 1. The molecular weight excluding hydrogens is 755 g/mol. The SMILES string of the molecule is C.CC1(C)CCCc2cccc3c(-c4[c-]ccc5ccccc45)ncc1c23.CC1CCC(C(=O)C=C(O)C2CCC(C)CC2)CC1.[Ir]. The van der Waals surface area contributed by atoms with Gasteiger partial charge in [-0.2, -0.15) is 0 Å². The number of benzene rings is 3. The molecule has 1 radical (unpaired) electrons. The topological polar surface area (TPSA) is 50.2 Å². The van der Waals surface area contributed by atoms with Gasteiger partial charge < -0.3 is 10.1 Å². The fraction of sp³-hybridized carbons (Fsp3) is 0.488. The Balaban J connectivity index is 0.000000214. The number of nitrogens with zero attached hydrogens (tertiary/aromatic N) is 1. The number of hydrogen-bond donors (Lipinski definition) is 1. The van der Waals surface area contributed by atoms with Gasteiger partial charge in [0.15, 0.2) is 5.78 Å². The monoisotopic (exact) mass is 809 g/mol. The van der Waals surface area contributed by atoms with Gasteiger partial charge in [0.1, 0.15) is 0 Å². The predicted molar refractivity (Wildman–Crippen MR) is 194 cm³/mol. The first-order valence-electron chi connectivity index (χ1n) is 17.5. The van der Waals surface area contributed by atoms with E-state index in [0.29, 0.717) is 5.76 Å². The number of pyridine rings is 1. The molecule has 1 aromatic heterocycles. The van der Waals surface area contributed by atoms with Crippen molar-refractivity contribution in [3.05, 3.63) is 89.8 Å². The number of allylic oxidation sites excluding steroid dienone is 2. The Bertz CT molecular complexity index is 1680. The number of carbonyl (C=O) groups is 1. The average molecular weight is 809 g/mol. The molecule has 2 saturated carbocycles. The standard InChI is InChI=1S/C25H22N.C17H28O2.CH4.Ir/c1-25(2)15-7-11-18-10-6-14-21-23(18)22(25)16-26-24(21)20-13-5-9-17-8-3-4-12-19(17)20;1-12-3-7-14(8-4-12)16(18)11-17(19)15-9-5-13(2)6-10-15;;/h3-6,8-10,12,14,16H,7,11,15H2,1-2H3;11-15,18H,3-10H2,1-2H3;1H4;/q-1;;;. The molecule has 3 aromatic carbocycles. The summed E-state index contributed by atoms with van der Waals surface area (Å²) in [4.78, 5) is 17.2. The molecule has 7 rings (SSSR count). The van der Waals surface area contributed by atoms with E-state index in [9.17, 15) is 9.90 Å². The molecule has 4 heteroatoms. The fourth-order valence-corrected chi connectivity index (χ4v) is 8.00. The smallest absolute Gasteiger partial charge is 0.162 e. The molecule has 1 heterocycles. The summed E-state index contributed by atoms with van der Waals surface area (Å²) in [7, 11) is 0. The van der Waals surface area contributed by atoms with Gasteiger partial charge in [-0.05, 0) is 89.8 Å². The van der Waals surface area contributed by atoms with Crippen LogP contribution in [-0.2, 0) is 36.7 Å². The minimum absolute atomic E-state index is 0. The zero-order valence-electron chi connectivity index (χ0n) is 28.1. The summed E-state index contributed by atoms with van der Waals surface area (Å²) in [5.74, 6) is 2.48. The first-order valence-corrected chi connectivity index (χ1v) is 17.5. The Morgan fingerprint density at radius 3 is 2.21 bits per heavy atom. The normalized spacial score (nSPS) is 23.8. The van der Waals surface area contributed by atoms with E-state index in [2.05, 4.69) is 88.5 Å². The summed E-state index contributed by atoms with van der Waals surface area (Å²) in [6.45, 7) is 9.24. The molecule has 0 amide bonds. The minimum Gasteiger partial charge on any atom is -0.512 e. The van der Waals surface area contributed by atoms with Gasteiger partial charge in [-0.3, -0.25) is 4.79 Å². The maximum Gasteiger partial charge on any atom is 0.162 e. The van der Waals surface area contributed by atoms with Crippen LogP contribution < -0.4 is 0 Å². The van der Waals surface area contributed by atoms with E-state index in [-0.39, 0.29) is 50.6 Å². The largest absolute Gasteiger partial charge is 0.512 e. The van der Waals surface area contributed by atoms with Crippen LogP contribution in [-0.4, -0.2) is 15.9 Å². The van der Waals surface area contributed by atoms with Gasteiger partial charge in [0.05, 0.1) is 5.76 Å². The van der Waals surface area contributed by atoms with Crippen LogP contribution in [0.15, 0.2) is 72.6 Å². The molecule has 3 nitrogen and oxygen atoms in total. The zero-order chi connectivity index (χ0) is 31.6. The van der Waals surface area contributed by atoms with Crippen molar-refractivity contribution < 1.29 is 30.0 Å². The minimum atomic E-state index is 0. The van der Waals surface area contributed by atoms with Crippen LogP contribution in [0.4, 0.5) is 0 Å². The number of rotatable bonds is 4. The van der Waals surface area contributed by atoms with E-state index in [1.54, 1.807) is 6.08 Å². The number of aromatic nitrogens is 1. The van der Waals surface area contributed by atoms with Crippen molar-refractivity contribution in [3.8, 4) is 11.3 Å². The van der Waals surface area contributed by atoms with E-state index >= 15 is 0 Å². The first kappa shape index (κ1) is 37.0. The van der Waals surface area contributed by atoms with Crippen molar-refractivity contribution in [2.75, 3.05) is 0 Å². The molecule has 0 spiro atoms. The van der Waals surface area contributed by atoms with E-state index in [1.807, 2.05) is 6.07 Å². The summed E-state index contributed by atoms with van der Waals surface area (Å²) in [6.07, 6.45) is 16.0. The number of aliphatic hydroxyl groups is 1. The summed E-state index contributed by atoms with van der Waals surface area (Å²) in [5, 5.41) is 15.3. The molecule has 0 aliphatic heterocycles. The van der Waals surface area contributed by atoms with Crippen LogP contribution in [0.5, 0.6) is 0 Å². The van der Waals surface area contributed by atoms with E-state index < -0.39 is 0 Å². The van der Waals surface area contributed by atoms with Crippen molar-refractivity contribution in [1.29, 1.82) is 0 Å². The molecule has 0 bridgehead atoms. The number of aryl methyl sites for hydroxylation is 1. The molecule has 47 heavy (non-hydrogen) atoms. The zero-order valence-corrected chi connectivity index (χ0v) is 30.5. The third kappa shape index (κ3) is 8.26. The fourth-order valence-electron chi connectivity index (χ4n) is 8.00. The van der Waals surface area contributed by atoms with E-state index in [0.717, 1.165) is 68.0 Å². The number of hydrogen-bond acceptors (Lipinski definition) is 3. The van der Waals surface area contributed by atoms with E-state index in [1.165, 1.54) is 58.4 Å². The van der Waals surface area contributed by atoms with Crippen molar-refractivity contribution in [2.45, 2.75) is 111 Å². The van der Waals surface area contributed by atoms with Crippen LogP contribution in [0.1, 0.15) is 110 Å². The van der Waals surface area contributed by atoms with Gasteiger partial charge in [0, 0.05) is 44.2 Å². The quantitative estimate of drug-likeness (QED) is 0.127. The second-order valence-electron chi connectivity index (χ2n) is 14.9. The van der Waals surface area contributed by atoms with Crippen molar-refractivity contribution >= 4 is 27.3 Å². The van der Waals surface area contributed by atoms with Crippen molar-refractivity contribution in [2.24, 2.45) is 23.7 Å². The molecule has 3 aliphatic carbocycles. The van der Waals surface area contributed by atoms with Gasteiger partial charge in [-0.1, -0.05) is 109 Å². The van der Waals surface area contributed by atoms with Crippen LogP contribution >= 0.6 is 0 Å². The van der Waals surface area contributed by atoms with Crippen LogP contribution in [0.3, 0.4) is 0 Å². The Labute approximate surface area is 297 Å². The van der Waals surface area contributed by atoms with Crippen LogP contribution in [0.2, 0.25) is 0 Å². The molecule has 3 aliphatic rings. The maximum absolute atomic E-state index is 12.2. The molecule has 2 fully saturated rings. The maximum atomic E-state index is 12.2.